The Hall–Kier alpha value is -0.120. The Morgan fingerprint density at radius 2 is 1.72 bits per heavy atom. The highest BCUT2D eigenvalue weighted by molar-refractivity contribution is 4.82. The molecule has 0 amide bonds. The standard InChI is InChI=1S/C15H30N2O/c1-12(2)17-9-7-13(8-10-17)15(18)11-16-14-5-3-4-6-14/h12-16,18H,3-11H2,1-2H3. The molecule has 0 radical (unpaired) electrons. The first-order chi connectivity index (χ1) is 8.66. The molecule has 1 heterocycles. The molecule has 18 heavy (non-hydrogen) atoms. The Kier molecular flexibility index (Phi) is 5.46. The molecule has 3 nitrogen and oxygen atoms in total. The number of aliphatic hydroxyl groups is 1. The molecule has 1 unspecified atom stereocenters. The molecule has 106 valence electrons. The SMILES string of the molecule is CC(C)N1CCC(C(O)CNC2CCCC2)CC1. The van der Waals surface area contributed by atoms with Gasteiger partial charge in [0.25, 0.3) is 0 Å². The molecular formula is C15H30N2O. The third-order valence-corrected chi connectivity index (χ3v) is 4.82. The zero-order chi connectivity index (χ0) is 13.0. The first-order valence-electron chi connectivity index (χ1n) is 7.82. The van der Waals surface area contributed by atoms with Crippen LogP contribution in [0.15, 0.2) is 0 Å². The van der Waals surface area contributed by atoms with Gasteiger partial charge in [-0.2, -0.15) is 0 Å². The van der Waals surface area contributed by atoms with Gasteiger partial charge in [0.15, 0.2) is 0 Å². The quantitative estimate of drug-likeness (QED) is 0.788. The lowest BCUT2D eigenvalue weighted by Crippen LogP contribution is -2.44. The molecule has 2 aliphatic rings. The van der Waals surface area contributed by atoms with Crippen LogP contribution in [-0.4, -0.2) is 47.8 Å². The first kappa shape index (κ1) is 14.3. The van der Waals surface area contributed by atoms with Crippen molar-refractivity contribution in [1.82, 2.24) is 10.2 Å². The number of likely N-dealkylation sites (tertiary alicyclic amines) is 1. The van der Waals surface area contributed by atoms with E-state index in [2.05, 4.69) is 24.1 Å². The Morgan fingerprint density at radius 3 is 2.28 bits per heavy atom. The molecule has 2 N–H and O–H groups in total. The summed E-state index contributed by atoms with van der Waals surface area (Å²) in [7, 11) is 0. The Labute approximate surface area is 112 Å². The number of rotatable bonds is 5. The van der Waals surface area contributed by atoms with E-state index >= 15 is 0 Å². The fraction of sp³-hybridized carbons (Fsp3) is 1.00. The van der Waals surface area contributed by atoms with Gasteiger partial charge >= 0.3 is 0 Å². The molecule has 2 fully saturated rings. The van der Waals surface area contributed by atoms with E-state index < -0.39 is 0 Å². The third-order valence-electron chi connectivity index (χ3n) is 4.82. The summed E-state index contributed by atoms with van der Waals surface area (Å²) >= 11 is 0. The van der Waals surface area contributed by atoms with Crippen LogP contribution >= 0.6 is 0 Å². The highest BCUT2D eigenvalue weighted by atomic mass is 16.3. The molecule has 0 aromatic heterocycles. The van der Waals surface area contributed by atoms with Crippen LogP contribution in [0, 0.1) is 5.92 Å². The number of nitrogens with zero attached hydrogens (tertiary/aromatic N) is 1. The van der Waals surface area contributed by atoms with Crippen molar-refractivity contribution in [3.63, 3.8) is 0 Å². The predicted molar refractivity (Wildman–Crippen MR) is 75.7 cm³/mol. The second-order valence-corrected chi connectivity index (χ2v) is 6.42. The highest BCUT2D eigenvalue weighted by Crippen LogP contribution is 2.23. The van der Waals surface area contributed by atoms with Crippen molar-refractivity contribution in [2.24, 2.45) is 5.92 Å². The molecule has 1 saturated carbocycles. The summed E-state index contributed by atoms with van der Waals surface area (Å²) in [6.07, 6.45) is 7.51. The lowest BCUT2D eigenvalue weighted by atomic mass is 9.90. The molecule has 1 aliphatic carbocycles. The fourth-order valence-corrected chi connectivity index (χ4v) is 3.40. The van der Waals surface area contributed by atoms with Gasteiger partial charge < -0.3 is 15.3 Å². The second kappa shape index (κ2) is 6.88. The maximum Gasteiger partial charge on any atom is 0.0693 e. The molecular weight excluding hydrogens is 224 g/mol. The van der Waals surface area contributed by atoms with Crippen molar-refractivity contribution in [3.8, 4) is 0 Å². The smallest absolute Gasteiger partial charge is 0.0693 e. The average Bonchev–Trinajstić information content (AvgIpc) is 2.89. The Bertz CT molecular complexity index is 231. The van der Waals surface area contributed by atoms with Crippen molar-refractivity contribution in [2.45, 2.75) is 70.6 Å². The molecule has 0 aromatic rings. The average molecular weight is 254 g/mol. The summed E-state index contributed by atoms with van der Waals surface area (Å²) in [5.41, 5.74) is 0. The van der Waals surface area contributed by atoms with Gasteiger partial charge in [-0.15, -0.1) is 0 Å². The monoisotopic (exact) mass is 254 g/mol. The van der Waals surface area contributed by atoms with E-state index in [4.69, 9.17) is 0 Å². The zero-order valence-corrected chi connectivity index (χ0v) is 12.1. The van der Waals surface area contributed by atoms with Gasteiger partial charge in [0.1, 0.15) is 0 Å². The minimum Gasteiger partial charge on any atom is -0.392 e. The maximum atomic E-state index is 10.3. The van der Waals surface area contributed by atoms with Crippen molar-refractivity contribution in [3.05, 3.63) is 0 Å². The molecule has 3 heteroatoms. The topological polar surface area (TPSA) is 35.5 Å². The van der Waals surface area contributed by atoms with Gasteiger partial charge in [0, 0.05) is 18.6 Å². The van der Waals surface area contributed by atoms with E-state index in [1.807, 2.05) is 0 Å². The van der Waals surface area contributed by atoms with Crippen LogP contribution < -0.4 is 5.32 Å². The van der Waals surface area contributed by atoms with E-state index in [0.29, 0.717) is 18.0 Å². The maximum absolute atomic E-state index is 10.3. The van der Waals surface area contributed by atoms with Crippen LogP contribution in [0.25, 0.3) is 0 Å². The lowest BCUT2D eigenvalue weighted by molar-refractivity contribution is 0.0490. The predicted octanol–water partition coefficient (Wildman–Crippen LogP) is 2.00. The molecule has 0 spiro atoms. The summed E-state index contributed by atoms with van der Waals surface area (Å²) in [5, 5.41) is 13.8. The van der Waals surface area contributed by atoms with Crippen LogP contribution in [0.4, 0.5) is 0 Å². The number of aliphatic hydroxyl groups excluding tert-OH is 1. The van der Waals surface area contributed by atoms with Gasteiger partial charge in [-0.05, 0) is 58.5 Å². The zero-order valence-electron chi connectivity index (χ0n) is 12.1. The highest BCUT2D eigenvalue weighted by Gasteiger charge is 2.26. The minimum absolute atomic E-state index is 0.139. The molecule has 0 bridgehead atoms. The van der Waals surface area contributed by atoms with Crippen molar-refractivity contribution >= 4 is 0 Å². The van der Waals surface area contributed by atoms with Gasteiger partial charge in [-0.1, -0.05) is 12.8 Å². The van der Waals surface area contributed by atoms with E-state index in [-0.39, 0.29) is 6.10 Å². The Morgan fingerprint density at radius 1 is 1.11 bits per heavy atom. The summed E-state index contributed by atoms with van der Waals surface area (Å²) in [4.78, 5) is 2.52. The molecule has 0 aromatic carbocycles. The van der Waals surface area contributed by atoms with Crippen LogP contribution in [0.3, 0.4) is 0 Å². The van der Waals surface area contributed by atoms with Crippen LogP contribution in [0.5, 0.6) is 0 Å². The summed E-state index contributed by atoms with van der Waals surface area (Å²) in [5.74, 6) is 0.508. The van der Waals surface area contributed by atoms with E-state index in [1.54, 1.807) is 0 Å². The van der Waals surface area contributed by atoms with Gasteiger partial charge in [-0.3, -0.25) is 0 Å². The number of piperidine rings is 1. The van der Waals surface area contributed by atoms with Gasteiger partial charge in [0.05, 0.1) is 6.10 Å². The first-order valence-corrected chi connectivity index (χ1v) is 7.82. The summed E-state index contributed by atoms with van der Waals surface area (Å²) < 4.78 is 0. The van der Waals surface area contributed by atoms with E-state index in [0.717, 1.165) is 32.5 Å². The largest absolute Gasteiger partial charge is 0.392 e. The van der Waals surface area contributed by atoms with Gasteiger partial charge in [0.2, 0.25) is 0 Å². The second-order valence-electron chi connectivity index (χ2n) is 6.42. The van der Waals surface area contributed by atoms with Crippen molar-refractivity contribution < 1.29 is 5.11 Å². The fourth-order valence-electron chi connectivity index (χ4n) is 3.40. The normalized spacial score (nSPS) is 26.0. The van der Waals surface area contributed by atoms with E-state index in [1.165, 1.54) is 25.7 Å². The molecule has 2 rings (SSSR count). The molecule has 1 atom stereocenters. The van der Waals surface area contributed by atoms with Crippen molar-refractivity contribution in [2.75, 3.05) is 19.6 Å². The van der Waals surface area contributed by atoms with Crippen LogP contribution in [0.2, 0.25) is 0 Å². The number of hydrogen-bond acceptors (Lipinski definition) is 3. The summed E-state index contributed by atoms with van der Waals surface area (Å²) in [6, 6.07) is 1.33. The van der Waals surface area contributed by atoms with Crippen molar-refractivity contribution in [1.29, 1.82) is 0 Å². The Balaban J connectivity index is 1.65. The molecule has 1 saturated heterocycles. The van der Waals surface area contributed by atoms with E-state index in [9.17, 15) is 5.11 Å². The minimum atomic E-state index is -0.139. The number of nitrogens with one attached hydrogen (secondary N) is 1. The van der Waals surface area contributed by atoms with Crippen LogP contribution in [0.1, 0.15) is 52.4 Å². The van der Waals surface area contributed by atoms with Crippen LogP contribution in [-0.2, 0) is 0 Å². The van der Waals surface area contributed by atoms with Gasteiger partial charge in [-0.25, -0.2) is 0 Å². The summed E-state index contributed by atoms with van der Waals surface area (Å²) in [6.45, 7) is 7.64. The third kappa shape index (κ3) is 3.94. The molecule has 1 aliphatic heterocycles. The number of hydrogen-bond donors (Lipinski definition) is 2. The lowest BCUT2D eigenvalue weighted by Gasteiger charge is -2.36.